The van der Waals surface area contributed by atoms with Crippen molar-refractivity contribution in [2.75, 3.05) is 0 Å². The van der Waals surface area contributed by atoms with Gasteiger partial charge in [-0.05, 0) is 42.4 Å². The van der Waals surface area contributed by atoms with Crippen molar-refractivity contribution in [2.45, 2.75) is 18.4 Å². The smallest absolute Gasteiger partial charge is 0.284 e. The molecule has 0 radical (unpaired) electrons. The van der Waals surface area contributed by atoms with Gasteiger partial charge in [-0.2, -0.15) is 0 Å². The molecule has 0 fully saturated rings. The van der Waals surface area contributed by atoms with Gasteiger partial charge in [-0.1, -0.05) is 0 Å². The molecule has 0 atom stereocenters. The molecule has 1 aliphatic rings. The number of thioether (sulfide) groups is 1. The van der Waals surface area contributed by atoms with Crippen molar-refractivity contribution < 1.29 is 4.79 Å². The van der Waals surface area contributed by atoms with Crippen LogP contribution in [0.15, 0.2) is 35.6 Å². The Morgan fingerprint density at radius 3 is 3.12 bits per heavy atom. The standard InChI is InChI=1S/C12H11N3OS/c1-8-6-15(7-14-8)10-2-3-11-9(4-10)5-13-12(16)17-11/h2-4,6-7H,5H2,1H3,(H,13,16). The average molecular weight is 245 g/mol. The van der Waals surface area contributed by atoms with Crippen LogP contribution >= 0.6 is 11.8 Å². The molecule has 1 aliphatic heterocycles. The Labute approximate surface area is 103 Å². The zero-order valence-corrected chi connectivity index (χ0v) is 10.1. The van der Waals surface area contributed by atoms with E-state index in [0.717, 1.165) is 21.8 Å². The van der Waals surface area contributed by atoms with Gasteiger partial charge in [0.2, 0.25) is 0 Å². The lowest BCUT2D eigenvalue weighted by Crippen LogP contribution is -2.22. The monoisotopic (exact) mass is 245 g/mol. The number of nitrogens with zero attached hydrogens (tertiary/aromatic N) is 2. The third kappa shape index (κ3) is 1.93. The number of rotatable bonds is 1. The number of benzene rings is 1. The Balaban J connectivity index is 2.01. The van der Waals surface area contributed by atoms with Crippen molar-refractivity contribution >= 4 is 17.0 Å². The number of carbonyl (C=O) groups is 1. The van der Waals surface area contributed by atoms with E-state index in [4.69, 9.17) is 0 Å². The predicted molar refractivity (Wildman–Crippen MR) is 66.4 cm³/mol. The van der Waals surface area contributed by atoms with Crippen molar-refractivity contribution in [3.8, 4) is 5.69 Å². The molecule has 17 heavy (non-hydrogen) atoms. The van der Waals surface area contributed by atoms with E-state index in [0.29, 0.717) is 6.54 Å². The molecule has 0 bridgehead atoms. The van der Waals surface area contributed by atoms with E-state index in [2.05, 4.69) is 16.4 Å². The molecular weight excluding hydrogens is 234 g/mol. The van der Waals surface area contributed by atoms with Gasteiger partial charge in [-0.15, -0.1) is 0 Å². The highest BCUT2D eigenvalue weighted by atomic mass is 32.2. The Hall–Kier alpha value is -1.75. The number of hydrogen-bond donors (Lipinski definition) is 1. The number of amides is 1. The number of hydrogen-bond acceptors (Lipinski definition) is 3. The summed E-state index contributed by atoms with van der Waals surface area (Å²) in [6.07, 6.45) is 3.78. The Kier molecular flexibility index (Phi) is 2.40. The molecule has 2 aromatic rings. The second-order valence-corrected chi connectivity index (χ2v) is 4.97. The molecule has 0 spiro atoms. The van der Waals surface area contributed by atoms with E-state index >= 15 is 0 Å². The maximum absolute atomic E-state index is 11.2. The van der Waals surface area contributed by atoms with E-state index in [-0.39, 0.29) is 5.24 Å². The minimum Gasteiger partial charge on any atom is -0.343 e. The minimum atomic E-state index is 0.0173. The van der Waals surface area contributed by atoms with Crippen LogP contribution in [0.2, 0.25) is 0 Å². The fourth-order valence-corrected chi connectivity index (χ4v) is 2.57. The van der Waals surface area contributed by atoms with Gasteiger partial charge in [0, 0.05) is 23.3 Å². The zero-order valence-electron chi connectivity index (χ0n) is 9.30. The summed E-state index contributed by atoms with van der Waals surface area (Å²) < 4.78 is 1.98. The molecular formula is C12H11N3OS. The normalized spacial score (nSPS) is 14.3. The third-order valence-electron chi connectivity index (χ3n) is 2.68. The summed E-state index contributed by atoms with van der Waals surface area (Å²) in [7, 11) is 0. The molecule has 0 saturated carbocycles. The summed E-state index contributed by atoms with van der Waals surface area (Å²) in [6, 6.07) is 6.08. The quantitative estimate of drug-likeness (QED) is 0.839. The summed E-state index contributed by atoms with van der Waals surface area (Å²) in [5.74, 6) is 0. The highest BCUT2D eigenvalue weighted by Crippen LogP contribution is 2.29. The molecule has 1 N–H and O–H groups in total. The summed E-state index contributed by atoms with van der Waals surface area (Å²) in [4.78, 5) is 16.5. The van der Waals surface area contributed by atoms with Crippen LogP contribution in [0.4, 0.5) is 4.79 Å². The predicted octanol–water partition coefficient (Wildman–Crippen LogP) is 2.50. The lowest BCUT2D eigenvalue weighted by molar-refractivity contribution is 0.260. The van der Waals surface area contributed by atoms with Crippen LogP contribution in [0, 0.1) is 6.92 Å². The summed E-state index contributed by atoms with van der Waals surface area (Å²) in [5, 5.41) is 2.84. The fraction of sp³-hybridized carbons (Fsp3) is 0.167. The Bertz CT molecular complexity index is 591. The van der Waals surface area contributed by atoms with Gasteiger partial charge in [-0.3, -0.25) is 4.79 Å². The highest BCUT2D eigenvalue weighted by molar-refractivity contribution is 8.13. The molecule has 3 rings (SSSR count). The highest BCUT2D eigenvalue weighted by Gasteiger charge is 2.15. The number of aromatic nitrogens is 2. The van der Waals surface area contributed by atoms with Crippen LogP contribution in [-0.2, 0) is 6.54 Å². The first-order valence-corrected chi connectivity index (χ1v) is 6.13. The van der Waals surface area contributed by atoms with Gasteiger partial charge in [0.05, 0.1) is 12.0 Å². The molecule has 5 heteroatoms. The average Bonchev–Trinajstić information content (AvgIpc) is 2.75. The maximum atomic E-state index is 11.2. The number of fused-ring (bicyclic) bond motifs is 1. The van der Waals surface area contributed by atoms with Crippen LogP contribution in [0.5, 0.6) is 0 Å². The van der Waals surface area contributed by atoms with Crippen LogP contribution in [0.25, 0.3) is 5.69 Å². The second kappa shape index (κ2) is 3.92. The fourth-order valence-electron chi connectivity index (χ4n) is 1.83. The third-order valence-corrected chi connectivity index (χ3v) is 3.63. The molecule has 0 unspecified atom stereocenters. The van der Waals surface area contributed by atoms with Crippen molar-refractivity contribution in [2.24, 2.45) is 0 Å². The van der Waals surface area contributed by atoms with Crippen molar-refractivity contribution in [3.63, 3.8) is 0 Å². The van der Waals surface area contributed by atoms with Crippen molar-refractivity contribution in [3.05, 3.63) is 42.0 Å². The number of carbonyl (C=O) groups excluding carboxylic acids is 1. The van der Waals surface area contributed by atoms with Crippen LogP contribution < -0.4 is 5.32 Å². The van der Waals surface area contributed by atoms with Crippen molar-refractivity contribution in [1.29, 1.82) is 0 Å². The van der Waals surface area contributed by atoms with Gasteiger partial charge >= 0.3 is 0 Å². The topological polar surface area (TPSA) is 46.9 Å². The molecule has 0 saturated heterocycles. The summed E-state index contributed by atoms with van der Waals surface area (Å²) in [5.41, 5.74) is 3.21. The number of nitrogens with one attached hydrogen (secondary N) is 1. The Morgan fingerprint density at radius 1 is 1.47 bits per heavy atom. The van der Waals surface area contributed by atoms with E-state index < -0.39 is 0 Å². The molecule has 1 aromatic heterocycles. The van der Waals surface area contributed by atoms with Crippen LogP contribution in [-0.4, -0.2) is 14.8 Å². The largest absolute Gasteiger partial charge is 0.343 e. The lowest BCUT2D eigenvalue weighted by atomic mass is 10.2. The maximum Gasteiger partial charge on any atom is 0.284 e. The van der Waals surface area contributed by atoms with Crippen molar-refractivity contribution in [1.82, 2.24) is 14.9 Å². The Morgan fingerprint density at radius 2 is 2.35 bits per heavy atom. The molecule has 0 aliphatic carbocycles. The van der Waals surface area contributed by atoms with Gasteiger partial charge in [0.25, 0.3) is 5.24 Å². The molecule has 4 nitrogen and oxygen atoms in total. The zero-order chi connectivity index (χ0) is 11.8. The molecule has 1 amide bonds. The number of aryl methyl sites for hydroxylation is 1. The van der Waals surface area contributed by atoms with Gasteiger partial charge in [0.15, 0.2) is 0 Å². The SMILES string of the molecule is Cc1cn(-c2ccc3c(c2)CNC(=O)S3)cn1. The van der Waals surface area contributed by atoms with E-state index in [1.807, 2.05) is 29.8 Å². The lowest BCUT2D eigenvalue weighted by Gasteiger charge is -2.16. The minimum absolute atomic E-state index is 0.0173. The summed E-state index contributed by atoms with van der Waals surface area (Å²) >= 11 is 1.25. The second-order valence-electron chi connectivity index (χ2n) is 3.96. The van der Waals surface area contributed by atoms with Gasteiger partial charge in [-0.25, -0.2) is 4.98 Å². The summed E-state index contributed by atoms with van der Waals surface area (Å²) in [6.45, 7) is 2.56. The first kappa shape index (κ1) is 10.4. The van der Waals surface area contributed by atoms with E-state index in [9.17, 15) is 4.79 Å². The van der Waals surface area contributed by atoms with E-state index in [1.54, 1.807) is 6.33 Å². The van der Waals surface area contributed by atoms with Crippen LogP contribution in [0.1, 0.15) is 11.3 Å². The molecule has 2 heterocycles. The van der Waals surface area contributed by atoms with Gasteiger partial charge < -0.3 is 9.88 Å². The number of imidazole rings is 1. The molecule has 1 aromatic carbocycles. The van der Waals surface area contributed by atoms with E-state index in [1.165, 1.54) is 11.8 Å². The van der Waals surface area contributed by atoms with Gasteiger partial charge in [0.1, 0.15) is 0 Å². The molecule has 86 valence electrons. The first-order chi connectivity index (χ1) is 8.22. The van der Waals surface area contributed by atoms with Crippen LogP contribution in [0.3, 0.4) is 0 Å². The first-order valence-electron chi connectivity index (χ1n) is 5.32.